The molecule has 4 heteroatoms. The minimum atomic E-state index is -0.558. The monoisotopic (exact) mass is 255 g/mol. The lowest BCUT2D eigenvalue weighted by molar-refractivity contribution is 0.0167. The maximum Gasteiger partial charge on any atom is 0.131 e. The number of rotatable bonds is 3. The number of hydrogen-bond acceptors (Lipinski definition) is 2. The van der Waals surface area contributed by atoms with Gasteiger partial charge in [-0.15, -0.1) is 0 Å². The van der Waals surface area contributed by atoms with Crippen molar-refractivity contribution in [3.63, 3.8) is 0 Å². The Bertz CT molecular complexity index is 377. The highest BCUT2D eigenvalue weighted by molar-refractivity contribution is 5.18. The predicted octanol–water partition coefficient (Wildman–Crippen LogP) is 3.14. The standard InChI is InChI=1S/C14H19F2NO/c15-11-5-4-6-12(16)10(11)9-18-14-8-3-1-2-7-13(14)17/h4-6,13-14H,1-3,7-9,17H2. The lowest BCUT2D eigenvalue weighted by Crippen LogP contribution is -2.35. The number of halogens is 2. The third-order valence-corrected chi connectivity index (χ3v) is 3.51. The Morgan fingerprint density at radius 2 is 1.78 bits per heavy atom. The van der Waals surface area contributed by atoms with E-state index in [4.69, 9.17) is 10.5 Å². The van der Waals surface area contributed by atoms with Crippen LogP contribution in [0.1, 0.15) is 37.7 Å². The summed E-state index contributed by atoms with van der Waals surface area (Å²) in [5, 5.41) is 0. The molecule has 0 bridgehead atoms. The second-order valence-corrected chi connectivity index (χ2v) is 4.85. The van der Waals surface area contributed by atoms with Crippen LogP contribution in [0.5, 0.6) is 0 Å². The maximum atomic E-state index is 13.4. The van der Waals surface area contributed by atoms with Crippen molar-refractivity contribution < 1.29 is 13.5 Å². The van der Waals surface area contributed by atoms with Gasteiger partial charge in [-0.1, -0.05) is 25.3 Å². The van der Waals surface area contributed by atoms with E-state index in [2.05, 4.69) is 0 Å². The van der Waals surface area contributed by atoms with Gasteiger partial charge < -0.3 is 10.5 Å². The topological polar surface area (TPSA) is 35.2 Å². The van der Waals surface area contributed by atoms with Crippen LogP contribution in [-0.2, 0) is 11.3 Å². The molecular formula is C14H19F2NO. The summed E-state index contributed by atoms with van der Waals surface area (Å²) in [6.45, 7) is -0.0448. The molecule has 1 saturated carbocycles. The summed E-state index contributed by atoms with van der Waals surface area (Å²) in [4.78, 5) is 0. The molecule has 1 aromatic rings. The zero-order valence-electron chi connectivity index (χ0n) is 10.4. The molecule has 1 fully saturated rings. The molecule has 1 aromatic carbocycles. The molecule has 0 spiro atoms. The second kappa shape index (κ2) is 6.25. The van der Waals surface area contributed by atoms with E-state index in [1.807, 2.05) is 0 Å². The fraction of sp³-hybridized carbons (Fsp3) is 0.571. The Kier molecular flexibility index (Phi) is 4.66. The molecular weight excluding hydrogens is 236 g/mol. The summed E-state index contributed by atoms with van der Waals surface area (Å²) in [6.07, 6.45) is 5.03. The first-order chi connectivity index (χ1) is 8.68. The number of ether oxygens (including phenoxy) is 1. The van der Waals surface area contributed by atoms with Gasteiger partial charge in [0.25, 0.3) is 0 Å². The normalized spacial score (nSPS) is 24.8. The maximum absolute atomic E-state index is 13.4. The van der Waals surface area contributed by atoms with E-state index in [1.165, 1.54) is 18.2 Å². The van der Waals surface area contributed by atoms with Crippen molar-refractivity contribution in [2.24, 2.45) is 5.73 Å². The van der Waals surface area contributed by atoms with Crippen LogP contribution in [0, 0.1) is 11.6 Å². The number of nitrogens with two attached hydrogens (primary N) is 1. The minimum Gasteiger partial charge on any atom is -0.372 e. The first-order valence-electron chi connectivity index (χ1n) is 6.48. The van der Waals surface area contributed by atoms with Gasteiger partial charge in [0.2, 0.25) is 0 Å². The van der Waals surface area contributed by atoms with Crippen LogP contribution in [0.2, 0.25) is 0 Å². The second-order valence-electron chi connectivity index (χ2n) is 4.85. The van der Waals surface area contributed by atoms with Crippen LogP contribution in [-0.4, -0.2) is 12.1 Å². The van der Waals surface area contributed by atoms with Gasteiger partial charge in [0.05, 0.1) is 12.7 Å². The molecule has 2 atom stereocenters. The number of hydrogen-bond donors (Lipinski definition) is 1. The summed E-state index contributed by atoms with van der Waals surface area (Å²) in [7, 11) is 0. The van der Waals surface area contributed by atoms with Crippen molar-refractivity contribution in [1.29, 1.82) is 0 Å². The van der Waals surface area contributed by atoms with E-state index in [1.54, 1.807) is 0 Å². The van der Waals surface area contributed by atoms with Crippen molar-refractivity contribution in [1.82, 2.24) is 0 Å². The van der Waals surface area contributed by atoms with Crippen LogP contribution in [0.25, 0.3) is 0 Å². The molecule has 100 valence electrons. The Morgan fingerprint density at radius 1 is 1.11 bits per heavy atom. The lowest BCUT2D eigenvalue weighted by atomic mass is 10.1. The first-order valence-corrected chi connectivity index (χ1v) is 6.48. The number of benzene rings is 1. The zero-order valence-corrected chi connectivity index (χ0v) is 10.4. The van der Waals surface area contributed by atoms with Crippen LogP contribution < -0.4 is 5.73 Å². The fourth-order valence-corrected chi connectivity index (χ4v) is 2.37. The predicted molar refractivity (Wildman–Crippen MR) is 66.0 cm³/mol. The van der Waals surface area contributed by atoms with Crippen molar-refractivity contribution in [2.75, 3.05) is 0 Å². The average Bonchev–Trinajstić information content (AvgIpc) is 2.54. The Hall–Kier alpha value is -1.00. The van der Waals surface area contributed by atoms with Gasteiger partial charge in [0.15, 0.2) is 0 Å². The van der Waals surface area contributed by atoms with Crippen LogP contribution >= 0.6 is 0 Å². The summed E-state index contributed by atoms with van der Waals surface area (Å²) in [5.41, 5.74) is 6.00. The molecule has 1 aliphatic carbocycles. The van der Waals surface area contributed by atoms with Gasteiger partial charge in [0.1, 0.15) is 11.6 Å². The molecule has 2 N–H and O–H groups in total. The third-order valence-electron chi connectivity index (χ3n) is 3.51. The SMILES string of the molecule is NC1CCCCCC1OCc1c(F)cccc1F. The van der Waals surface area contributed by atoms with Crippen LogP contribution in [0.15, 0.2) is 18.2 Å². The van der Waals surface area contributed by atoms with E-state index >= 15 is 0 Å². The third kappa shape index (κ3) is 3.27. The molecule has 2 rings (SSSR count). The van der Waals surface area contributed by atoms with Crippen molar-refractivity contribution >= 4 is 0 Å². The molecule has 2 nitrogen and oxygen atoms in total. The fourth-order valence-electron chi connectivity index (χ4n) is 2.37. The Labute approximate surface area is 106 Å². The molecule has 2 unspecified atom stereocenters. The smallest absolute Gasteiger partial charge is 0.131 e. The zero-order chi connectivity index (χ0) is 13.0. The largest absolute Gasteiger partial charge is 0.372 e. The highest BCUT2D eigenvalue weighted by Crippen LogP contribution is 2.21. The van der Waals surface area contributed by atoms with E-state index in [9.17, 15) is 8.78 Å². The van der Waals surface area contributed by atoms with Gasteiger partial charge >= 0.3 is 0 Å². The van der Waals surface area contributed by atoms with Crippen LogP contribution in [0.3, 0.4) is 0 Å². The summed E-state index contributed by atoms with van der Waals surface area (Å²) >= 11 is 0. The average molecular weight is 255 g/mol. The minimum absolute atomic E-state index is 0.00560. The highest BCUT2D eigenvalue weighted by Gasteiger charge is 2.21. The van der Waals surface area contributed by atoms with E-state index in [-0.39, 0.29) is 24.3 Å². The molecule has 0 heterocycles. The van der Waals surface area contributed by atoms with Gasteiger partial charge in [0, 0.05) is 11.6 Å². The molecule has 1 aliphatic rings. The first kappa shape index (κ1) is 13.4. The molecule has 0 saturated heterocycles. The molecule has 18 heavy (non-hydrogen) atoms. The summed E-state index contributed by atoms with van der Waals surface area (Å²) < 4.78 is 32.5. The van der Waals surface area contributed by atoms with E-state index < -0.39 is 11.6 Å². The van der Waals surface area contributed by atoms with Gasteiger partial charge in [-0.3, -0.25) is 0 Å². The molecule has 0 radical (unpaired) electrons. The van der Waals surface area contributed by atoms with Crippen molar-refractivity contribution in [2.45, 2.75) is 50.9 Å². The Morgan fingerprint density at radius 3 is 2.50 bits per heavy atom. The lowest BCUT2D eigenvalue weighted by Gasteiger charge is -2.22. The summed E-state index contributed by atoms with van der Waals surface area (Å²) in [5.74, 6) is -1.12. The molecule has 0 aromatic heterocycles. The van der Waals surface area contributed by atoms with Crippen LogP contribution in [0.4, 0.5) is 8.78 Å². The van der Waals surface area contributed by atoms with E-state index in [0.717, 1.165) is 32.1 Å². The van der Waals surface area contributed by atoms with Gasteiger partial charge in [-0.05, 0) is 25.0 Å². The summed E-state index contributed by atoms with van der Waals surface area (Å²) in [6, 6.07) is 3.82. The molecule has 0 aliphatic heterocycles. The van der Waals surface area contributed by atoms with Gasteiger partial charge in [-0.25, -0.2) is 8.78 Å². The Balaban J connectivity index is 1.98. The molecule has 0 amide bonds. The van der Waals surface area contributed by atoms with Crippen molar-refractivity contribution in [3.05, 3.63) is 35.4 Å². The van der Waals surface area contributed by atoms with E-state index in [0.29, 0.717) is 0 Å². The quantitative estimate of drug-likeness (QED) is 0.842. The van der Waals surface area contributed by atoms with Gasteiger partial charge in [-0.2, -0.15) is 0 Å². The highest BCUT2D eigenvalue weighted by atomic mass is 19.1. The van der Waals surface area contributed by atoms with Crippen molar-refractivity contribution in [3.8, 4) is 0 Å².